The molecule has 0 radical (unpaired) electrons. The SMILES string of the molecule is CC1(C)CCc2cc(-c3cc(F)ccc3F)ccc2C1NC(=O)O. The van der Waals surface area contributed by atoms with E-state index in [0.717, 1.165) is 36.1 Å². The highest BCUT2D eigenvalue weighted by atomic mass is 19.1. The van der Waals surface area contributed by atoms with Crippen molar-refractivity contribution in [3.63, 3.8) is 0 Å². The molecule has 0 aliphatic heterocycles. The molecule has 0 fully saturated rings. The Morgan fingerprint density at radius 2 is 1.96 bits per heavy atom. The Bertz CT molecular complexity index is 802. The Morgan fingerprint density at radius 1 is 1.21 bits per heavy atom. The largest absolute Gasteiger partial charge is 0.465 e. The number of amides is 1. The average Bonchev–Trinajstić information content (AvgIpc) is 2.52. The van der Waals surface area contributed by atoms with Gasteiger partial charge in [-0.05, 0) is 53.1 Å². The van der Waals surface area contributed by atoms with E-state index < -0.39 is 17.7 Å². The lowest BCUT2D eigenvalue weighted by atomic mass is 9.70. The van der Waals surface area contributed by atoms with Crippen molar-refractivity contribution in [3.8, 4) is 11.1 Å². The lowest BCUT2D eigenvalue weighted by Gasteiger charge is -2.40. The summed E-state index contributed by atoms with van der Waals surface area (Å²) in [5.74, 6) is -0.969. The van der Waals surface area contributed by atoms with Gasteiger partial charge in [0, 0.05) is 5.56 Å². The van der Waals surface area contributed by atoms with Gasteiger partial charge >= 0.3 is 6.09 Å². The summed E-state index contributed by atoms with van der Waals surface area (Å²) in [6, 6.07) is 8.42. The van der Waals surface area contributed by atoms with E-state index in [-0.39, 0.29) is 17.0 Å². The summed E-state index contributed by atoms with van der Waals surface area (Å²) in [7, 11) is 0. The number of fused-ring (bicyclic) bond motifs is 1. The van der Waals surface area contributed by atoms with Gasteiger partial charge in [-0.3, -0.25) is 0 Å². The van der Waals surface area contributed by atoms with Crippen LogP contribution in [0.15, 0.2) is 36.4 Å². The van der Waals surface area contributed by atoms with Gasteiger partial charge in [-0.2, -0.15) is 0 Å². The van der Waals surface area contributed by atoms with E-state index in [9.17, 15) is 13.6 Å². The van der Waals surface area contributed by atoms with Crippen LogP contribution in [0.4, 0.5) is 13.6 Å². The van der Waals surface area contributed by atoms with Crippen molar-refractivity contribution in [2.45, 2.75) is 32.7 Å². The summed E-state index contributed by atoms with van der Waals surface area (Å²) in [5, 5.41) is 11.7. The van der Waals surface area contributed by atoms with Crippen LogP contribution in [0.25, 0.3) is 11.1 Å². The fourth-order valence-corrected chi connectivity index (χ4v) is 3.41. The molecule has 126 valence electrons. The number of benzene rings is 2. The fourth-order valence-electron chi connectivity index (χ4n) is 3.41. The number of halogens is 2. The Labute approximate surface area is 139 Å². The lowest BCUT2D eigenvalue weighted by molar-refractivity contribution is 0.161. The molecule has 2 aromatic carbocycles. The second-order valence-corrected chi connectivity index (χ2v) is 6.91. The molecule has 1 unspecified atom stereocenters. The van der Waals surface area contributed by atoms with E-state index in [4.69, 9.17) is 5.11 Å². The second-order valence-electron chi connectivity index (χ2n) is 6.91. The average molecular weight is 331 g/mol. The molecule has 1 atom stereocenters. The first kappa shape index (κ1) is 16.4. The third-order valence-corrected chi connectivity index (χ3v) is 4.78. The third kappa shape index (κ3) is 2.98. The molecule has 0 saturated carbocycles. The summed E-state index contributed by atoms with van der Waals surface area (Å²) in [6.07, 6.45) is 0.506. The molecule has 3 nitrogen and oxygen atoms in total. The van der Waals surface area contributed by atoms with E-state index in [1.165, 1.54) is 6.07 Å². The molecule has 0 aromatic heterocycles. The van der Waals surface area contributed by atoms with Gasteiger partial charge in [0.2, 0.25) is 0 Å². The fraction of sp³-hybridized carbons (Fsp3) is 0.316. The maximum absolute atomic E-state index is 14.0. The zero-order valence-electron chi connectivity index (χ0n) is 13.6. The first-order valence-electron chi connectivity index (χ1n) is 7.85. The maximum Gasteiger partial charge on any atom is 0.405 e. The minimum absolute atomic E-state index is 0.211. The highest BCUT2D eigenvalue weighted by molar-refractivity contribution is 5.68. The van der Waals surface area contributed by atoms with Crippen molar-refractivity contribution in [2.75, 3.05) is 0 Å². The maximum atomic E-state index is 14.0. The van der Waals surface area contributed by atoms with E-state index in [0.29, 0.717) is 5.56 Å². The van der Waals surface area contributed by atoms with Crippen LogP contribution in [0, 0.1) is 17.0 Å². The number of rotatable bonds is 2. The van der Waals surface area contributed by atoms with Crippen molar-refractivity contribution in [2.24, 2.45) is 5.41 Å². The molecule has 1 amide bonds. The van der Waals surface area contributed by atoms with Crippen LogP contribution in [0.2, 0.25) is 0 Å². The van der Waals surface area contributed by atoms with Crippen LogP contribution < -0.4 is 5.32 Å². The molecule has 0 heterocycles. The Hall–Kier alpha value is -2.43. The number of carboxylic acid groups (broad SMARTS) is 1. The summed E-state index contributed by atoms with van der Waals surface area (Å²) in [6.45, 7) is 4.05. The lowest BCUT2D eigenvalue weighted by Crippen LogP contribution is -2.40. The smallest absolute Gasteiger partial charge is 0.405 e. The highest BCUT2D eigenvalue weighted by Crippen LogP contribution is 2.44. The number of nitrogens with one attached hydrogen (secondary N) is 1. The van der Waals surface area contributed by atoms with Crippen LogP contribution in [-0.4, -0.2) is 11.2 Å². The van der Waals surface area contributed by atoms with E-state index >= 15 is 0 Å². The minimum Gasteiger partial charge on any atom is -0.465 e. The van der Waals surface area contributed by atoms with Gasteiger partial charge in [0.15, 0.2) is 0 Å². The standard InChI is InChI=1S/C19H19F2NO2/c1-19(2)8-7-12-9-11(15-10-13(20)4-6-16(15)21)3-5-14(12)17(19)22-18(23)24/h3-6,9-10,17,22H,7-8H2,1-2H3,(H,23,24). The first-order chi connectivity index (χ1) is 11.3. The monoisotopic (exact) mass is 331 g/mol. The molecule has 1 aliphatic carbocycles. The quantitative estimate of drug-likeness (QED) is 0.821. The molecule has 0 bridgehead atoms. The van der Waals surface area contributed by atoms with Crippen molar-refractivity contribution < 1.29 is 18.7 Å². The van der Waals surface area contributed by atoms with Gasteiger partial charge in [-0.15, -0.1) is 0 Å². The molecule has 24 heavy (non-hydrogen) atoms. The van der Waals surface area contributed by atoms with Gasteiger partial charge in [-0.25, -0.2) is 13.6 Å². The van der Waals surface area contributed by atoms with Crippen molar-refractivity contribution in [1.29, 1.82) is 0 Å². The van der Waals surface area contributed by atoms with Crippen LogP contribution in [0.3, 0.4) is 0 Å². The van der Waals surface area contributed by atoms with E-state index in [2.05, 4.69) is 5.32 Å². The molecular formula is C19H19F2NO2. The van der Waals surface area contributed by atoms with Gasteiger partial charge in [0.25, 0.3) is 0 Å². The van der Waals surface area contributed by atoms with Crippen LogP contribution in [0.5, 0.6) is 0 Å². The molecular weight excluding hydrogens is 312 g/mol. The van der Waals surface area contributed by atoms with Crippen LogP contribution >= 0.6 is 0 Å². The minimum atomic E-state index is -1.07. The summed E-state index contributed by atoms with van der Waals surface area (Å²) in [4.78, 5) is 11.1. The predicted octanol–water partition coefficient (Wildman–Crippen LogP) is 4.91. The normalized spacial score (nSPS) is 18.8. The van der Waals surface area contributed by atoms with Crippen molar-refractivity contribution >= 4 is 6.09 Å². The van der Waals surface area contributed by atoms with Gasteiger partial charge in [0.1, 0.15) is 11.6 Å². The molecule has 3 rings (SSSR count). The molecule has 1 aliphatic rings. The molecule has 5 heteroatoms. The summed E-state index contributed by atoms with van der Waals surface area (Å²) < 4.78 is 27.4. The molecule has 0 spiro atoms. The van der Waals surface area contributed by atoms with Gasteiger partial charge in [0.05, 0.1) is 6.04 Å². The molecule has 0 saturated heterocycles. The van der Waals surface area contributed by atoms with Gasteiger partial charge in [-0.1, -0.05) is 32.0 Å². The number of hydrogen-bond acceptors (Lipinski definition) is 1. The van der Waals surface area contributed by atoms with Crippen LogP contribution in [-0.2, 0) is 6.42 Å². The third-order valence-electron chi connectivity index (χ3n) is 4.78. The van der Waals surface area contributed by atoms with Crippen molar-refractivity contribution in [1.82, 2.24) is 5.32 Å². The first-order valence-corrected chi connectivity index (χ1v) is 7.85. The Balaban J connectivity index is 2.06. The summed E-state index contributed by atoms with van der Waals surface area (Å²) in [5.41, 5.74) is 2.46. The zero-order valence-corrected chi connectivity index (χ0v) is 13.6. The zero-order chi connectivity index (χ0) is 17.5. The predicted molar refractivity (Wildman–Crippen MR) is 87.8 cm³/mol. The number of carbonyl (C=O) groups is 1. The van der Waals surface area contributed by atoms with Gasteiger partial charge < -0.3 is 10.4 Å². The highest BCUT2D eigenvalue weighted by Gasteiger charge is 2.37. The number of aryl methyl sites for hydroxylation is 1. The van der Waals surface area contributed by atoms with Crippen LogP contribution in [0.1, 0.15) is 37.4 Å². The second kappa shape index (κ2) is 5.89. The topological polar surface area (TPSA) is 49.3 Å². The molecule has 2 N–H and O–H groups in total. The number of hydrogen-bond donors (Lipinski definition) is 2. The Kier molecular flexibility index (Phi) is 4.03. The van der Waals surface area contributed by atoms with E-state index in [1.807, 2.05) is 26.0 Å². The summed E-state index contributed by atoms with van der Waals surface area (Å²) >= 11 is 0. The van der Waals surface area contributed by atoms with E-state index in [1.54, 1.807) is 6.07 Å². The Morgan fingerprint density at radius 3 is 2.67 bits per heavy atom. The molecule has 2 aromatic rings. The van der Waals surface area contributed by atoms with Crippen molar-refractivity contribution in [3.05, 3.63) is 59.2 Å².